The lowest BCUT2D eigenvalue weighted by Gasteiger charge is -2.29. The lowest BCUT2D eigenvalue weighted by atomic mass is 9.88. The molecule has 0 amide bonds. The van der Waals surface area contributed by atoms with Crippen LogP contribution in [-0.2, 0) is 11.8 Å². The van der Waals surface area contributed by atoms with Crippen LogP contribution in [0.1, 0.15) is 106 Å². The lowest BCUT2D eigenvalue weighted by molar-refractivity contribution is -0.0980. The van der Waals surface area contributed by atoms with Crippen molar-refractivity contribution in [3.8, 4) is 11.1 Å². The standard InChI is InChI=1S/C34H48N4.2C2H6.CH2O.H2/c1-5-7-12-29(24-35-3)31-19-20-33(28-16-10-15-27(23-28)30-21-22-38(4)25-30)37-34(31)17-9-8-13-26-14-11-18-32(26)36-6-2;3*1-2;/h10,12,15-16,19-26,32,34,36-37H,5-9,11,13-14,17-18H2,1-4H3;2*1-2H3;1H2;1H/b29-12+,35-24?;;;;. The van der Waals surface area contributed by atoms with Crippen LogP contribution < -0.4 is 10.6 Å². The van der Waals surface area contributed by atoms with Crippen LogP contribution in [0.3, 0.4) is 0 Å². The number of carbonyl (C=O) groups excluding carboxylic acids is 1. The highest BCUT2D eigenvalue weighted by atomic mass is 16.1. The van der Waals surface area contributed by atoms with E-state index in [0.717, 1.165) is 37.8 Å². The molecule has 1 aromatic carbocycles. The Hall–Kier alpha value is -3.18. The van der Waals surface area contributed by atoms with Gasteiger partial charge in [-0.25, -0.2) is 0 Å². The number of aryl methyl sites for hydroxylation is 1. The van der Waals surface area contributed by atoms with E-state index in [-0.39, 0.29) is 1.43 Å². The third kappa shape index (κ3) is 12.1. The van der Waals surface area contributed by atoms with Crippen LogP contribution in [0, 0.1) is 5.92 Å². The maximum Gasteiger partial charge on any atom is 0.106 e. The van der Waals surface area contributed by atoms with Gasteiger partial charge >= 0.3 is 0 Å². The first-order chi connectivity index (χ1) is 21.6. The number of aromatic nitrogens is 1. The van der Waals surface area contributed by atoms with E-state index in [2.05, 4.69) is 102 Å². The number of hydrogen-bond acceptors (Lipinski definition) is 4. The van der Waals surface area contributed by atoms with Gasteiger partial charge in [0, 0.05) is 45.9 Å². The van der Waals surface area contributed by atoms with Crippen molar-refractivity contribution in [3.05, 3.63) is 77.7 Å². The van der Waals surface area contributed by atoms with E-state index < -0.39 is 0 Å². The Balaban J connectivity index is 0.00000261. The highest BCUT2D eigenvalue weighted by Gasteiger charge is 2.26. The number of nitrogens with one attached hydrogen (secondary N) is 2. The molecule has 0 radical (unpaired) electrons. The van der Waals surface area contributed by atoms with Crippen molar-refractivity contribution in [1.29, 1.82) is 0 Å². The van der Waals surface area contributed by atoms with Crippen LogP contribution in [-0.4, -0.2) is 43.2 Å². The summed E-state index contributed by atoms with van der Waals surface area (Å²) in [4.78, 5) is 12.4. The molecule has 5 nitrogen and oxygen atoms in total. The number of rotatable bonds is 13. The lowest BCUT2D eigenvalue weighted by Crippen LogP contribution is -2.33. The summed E-state index contributed by atoms with van der Waals surface area (Å²) in [5.74, 6) is 0.854. The molecule has 4 rings (SSSR count). The Morgan fingerprint density at radius 1 is 1.05 bits per heavy atom. The first kappa shape index (κ1) is 38.8. The number of aliphatic imine (C=N–C) groups is 1. The molecule has 0 saturated heterocycles. The molecule has 1 fully saturated rings. The second kappa shape index (κ2) is 23.2. The summed E-state index contributed by atoms with van der Waals surface area (Å²) in [5.41, 5.74) is 7.61. The van der Waals surface area contributed by atoms with E-state index in [9.17, 15) is 0 Å². The largest absolute Gasteiger partial charge is 0.378 e. The minimum absolute atomic E-state index is 0. The molecule has 246 valence electrons. The van der Waals surface area contributed by atoms with E-state index in [1.54, 1.807) is 0 Å². The van der Waals surface area contributed by atoms with Crippen LogP contribution in [0.2, 0.25) is 0 Å². The van der Waals surface area contributed by atoms with E-state index >= 15 is 0 Å². The number of benzene rings is 1. The third-order valence-corrected chi connectivity index (χ3v) is 8.17. The maximum atomic E-state index is 8.00. The zero-order valence-electron chi connectivity index (χ0n) is 29.2. The highest BCUT2D eigenvalue weighted by Crippen LogP contribution is 2.32. The maximum absolute atomic E-state index is 8.00. The van der Waals surface area contributed by atoms with Gasteiger partial charge in [-0.05, 0) is 90.6 Å². The molecular weight excluding hydrogens is 540 g/mol. The number of dihydropyridines is 1. The SMILES string of the molecule is C=O.CC.CC.CCC/C=C(\C=NC)C1=CC=C(c2cccc(-c3ccn(C)c3)c2)NC1CCCCC1CCCC1NCC.[HH]. The van der Waals surface area contributed by atoms with Gasteiger partial charge in [-0.3, -0.25) is 4.99 Å². The smallest absolute Gasteiger partial charge is 0.106 e. The van der Waals surface area contributed by atoms with Crippen LogP contribution in [0.15, 0.2) is 77.1 Å². The Morgan fingerprint density at radius 3 is 2.43 bits per heavy atom. The molecule has 1 aliphatic heterocycles. The molecule has 0 bridgehead atoms. The summed E-state index contributed by atoms with van der Waals surface area (Å²) in [6.45, 7) is 15.6. The zero-order valence-corrected chi connectivity index (χ0v) is 29.2. The molecule has 2 aromatic rings. The van der Waals surface area contributed by atoms with Gasteiger partial charge in [0.05, 0.1) is 6.04 Å². The quantitative estimate of drug-likeness (QED) is 0.177. The Kier molecular flexibility index (Phi) is 20.5. The predicted molar refractivity (Wildman–Crippen MR) is 196 cm³/mol. The van der Waals surface area contributed by atoms with E-state index in [1.165, 1.54) is 72.1 Å². The molecule has 44 heavy (non-hydrogen) atoms. The average Bonchev–Trinajstić information content (AvgIpc) is 3.73. The van der Waals surface area contributed by atoms with Gasteiger partial charge in [0.25, 0.3) is 0 Å². The molecule has 1 aromatic heterocycles. The van der Waals surface area contributed by atoms with Gasteiger partial charge in [-0.2, -0.15) is 0 Å². The van der Waals surface area contributed by atoms with Crippen LogP contribution in [0.4, 0.5) is 0 Å². The number of hydrogen-bond donors (Lipinski definition) is 2. The Morgan fingerprint density at radius 2 is 1.77 bits per heavy atom. The number of carbonyl (C=O) groups is 1. The fourth-order valence-corrected chi connectivity index (χ4v) is 6.20. The zero-order chi connectivity index (χ0) is 32.7. The third-order valence-electron chi connectivity index (χ3n) is 8.17. The summed E-state index contributed by atoms with van der Waals surface area (Å²) in [7, 11) is 3.95. The highest BCUT2D eigenvalue weighted by molar-refractivity contribution is 5.86. The molecule has 5 heteroatoms. The predicted octanol–water partition coefficient (Wildman–Crippen LogP) is 9.81. The number of nitrogens with zero attached hydrogens (tertiary/aromatic N) is 2. The second-order valence-electron chi connectivity index (χ2n) is 11.0. The second-order valence-corrected chi connectivity index (χ2v) is 11.0. The van der Waals surface area contributed by atoms with Gasteiger partial charge < -0.3 is 20.0 Å². The summed E-state index contributed by atoms with van der Waals surface area (Å²) in [5, 5.41) is 7.68. The molecule has 3 atom stereocenters. The molecular formula is C39H64N4O. The van der Waals surface area contributed by atoms with E-state index in [1.807, 2.05) is 47.7 Å². The monoisotopic (exact) mass is 605 g/mol. The van der Waals surface area contributed by atoms with Crippen molar-refractivity contribution in [2.45, 2.75) is 111 Å². The van der Waals surface area contributed by atoms with Gasteiger partial charge in [-0.15, -0.1) is 0 Å². The summed E-state index contributed by atoms with van der Waals surface area (Å²) in [6, 6.07) is 12.1. The average molecular weight is 605 g/mol. The fourth-order valence-electron chi connectivity index (χ4n) is 6.20. The minimum atomic E-state index is 0. The number of allylic oxidation sites excluding steroid dienone is 3. The number of unbranched alkanes of at least 4 members (excludes halogenated alkanes) is 2. The minimum Gasteiger partial charge on any atom is -0.378 e. The van der Waals surface area contributed by atoms with E-state index in [4.69, 9.17) is 4.79 Å². The topological polar surface area (TPSA) is 58.4 Å². The first-order valence-electron chi connectivity index (χ1n) is 17.2. The van der Waals surface area contributed by atoms with Gasteiger partial charge in [-0.1, -0.05) is 97.6 Å². The summed E-state index contributed by atoms with van der Waals surface area (Å²) < 4.78 is 2.11. The van der Waals surface area contributed by atoms with Crippen LogP contribution >= 0.6 is 0 Å². The van der Waals surface area contributed by atoms with Crippen molar-refractivity contribution in [2.75, 3.05) is 13.6 Å². The van der Waals surface area contributed by atoms with Crippen molar-refractivity contribution in [3.63, 3.8) is 0 Å². The van der Waals surface area contributed by atoms with Crippen LogP contribution in [0.5, 0.6) is 0 Å². The molecule has 3 unspecified atom stereocenters. The van der Waals surface area contributed by atoms with Crippen molar-refractivity contribution < 1.29 is 6.22 Å². The fraction of sp³-hybridized carbons (Fsp3) is 0.538. The van der Waals surface area contributed by atoms with Crippen molar-refractivity contribution in [1.82, 2.24) is 15.2 Å². The van der Waals surface area contributed by atoms with Gasteiger partial charge in [0.15, 0.2) is 0 Å². The normalized spacial score (nSPS) is 19.4. The summed E-state index contributed by atoms with van der Waals surface area (Å²) >= 11 is 0. The molecule has 1 aliphatic carbocycles. The van der Waals surface area contributed by atoms with Gasteiger partial charge in [0.1, 0.15) is 6.79 Å². The van der Waals surface area contributed by atoms with Crippen LogP contribution in [0.25, 0.3) is 16.8 Å². The first-order valence-corrected chi connectivity index (χ1v) is 17.2. The molecule has 1 saturated carbocycles. The molecule has 2 N–H and O–H groups in total. The Bertz CT molecular complexity index is 1180. The van der Waals surface area contributed by atoms with E-state index in [0.29, 0.717) is 6.04 Å². The molecule has 0 spiro atoms. The van der Waals surface area contributed by atoms with Crippen molar-refractivity contribution >= 4 is 18.7 Å². The molecule has 2 heterocycles. The van der Waals surface area contributed by atoms with Gasteiger partial charge in [0.2, 0.25) is 0 Å². The Labute approximate surface area is 271 Å². The summed E-state index contributed by atoms with van der Waals surface area (Å²) in [6.07, 6.45) is 24.7. The van der Waals surface area contributed by atoms with Crippen molar-refractivity contribution in [2.24, 2.45) is 18.0 Å². The molecule has 2 aliphatic rings.